The number of methoxy groups -OCH3 is 2. The van der Waals surface area contributed by atoms with Crippen LogP contribution in [-0.4, -0.2) is 30.0 Å². The summed E-state index contributed by atoms with van der Waals surface area (Å²) in [5.41, 5.74) is 4.59. The van der Waals surface area contributed by atoms with E-state index in [9.17, 15) is 4.79 Å². The second-order valence-corrected chi connectivity index (χ2v) is 5.86. The Bertz CT molecular complexity index is 918. The van der Waals surface area contributed by atoms with Gasteiger partial charge in [-0.25, -0.2) is 4.79 Å². The smallest absolute Gasteiger partial charge is 0.337 e. The van der Waals surface area contributed by atoms with E-state index in [1.807, 2.05) is 31.6 Å². The minimum atomic E-state index is -0.390. The molecule has 0 aliphatic carbocycles. The Labute approximate surface area is 152 Å². The molecule has 3 aromatic rings. The number of anilines is 1. The third kappa shape index (κ3) is 3.85. The molecule has 0 fully saturated rings. The van der Waals surface area contributed by atoms with Crippen molar-refractivity contribution in [2.75, 3.05) is 19.5 Å². The molecule has 0 atom stereocenters. The van der Waals surface area contributed by atoms with Crippen molar-refractivity contribution in [3.8, 4) is 16.9 Å². The number of nitrogens with one attached hydrogen (secondary N) is 1. The standard InChI is InChI=1S/C20H21N3O3/c1-23-13-17(12-22-23)15-6-4-5-14(9-15)11-21-18-8-7-16(20(24)26-3)10-19(18)25-2/h4-10,12-13,21H,11H2,1-3H3. The first kappa shape index (κ1) is 17.5. The van der Waals surface area contributed by atoms with Crippen molar-refractivity contribution in [1.29, 1.82) is 0 Å². The highest BCUT2D eigenvalue weighted by Crippen LogP contribution is 2.27. The van der Waals surface area contributed by atoms with E-state index in [1.165, 1.54) is 7.11 Å². The second kappa shape index (κ2) is 7.74. The van der Waals surface area contributed by atoms with Crippen LogP contribution in [0.5, 0.6) is 5.75 Å². The van der Waals surface area contributed by atoms with Crippen molar-refractivity contribution in [2.24, 2.45) is 7.05 Å². The van der Waals surface area contributed by atoms with Crippen LogP contribution in [0.15, 0.2) is 54.9 Å². The molecule has 1 aromatic heterocycles. The Hall–Kier alpha value is -3.28. The summed E-state index contributed by atoms with van der Waals surface area (Å²) in [5, 5.41) is 7.57. The van der Waals surface area contributed by atoms with Crippen LogP contribution >= 0.6 is 0 Å². The number of ether oxygens (including phenoxy) is 2. The highest BCUT2D eigenvalue weighted by atomic mass is 16.5. The van der Waals surface area contributed by atoms with Gasteiger partial charge in [0.25, 0.3) is 0 Å². The van der Waals surface area contributed by atoms with Crippen LogP contribution in [0.25, 0.3) is 11.1 Å². The Morgan fingerprint density at radius 3 is 2.69 bits per heavy atom. The molecular weight excluding hydrogens is 330 g/mol. The number of benzene rings is 2. The normalized spacial score (nSPS) is 10.4. The highest BCUT2D eigenvalue weighted by Gasteiger charge is 2.10. The maximum atomic E-state index is 11.6. The molecule has 0 amide bonds. The van der Waals surface area contributed by atoms with Crippen molar-refractivity contribution in [3.05, 3.63) is 66.0 Å². The lowest BCUT2D eigenvalue weighted by Gasteiger charge is -2.13. The number of hydrogen-bond donors (Lipinski definition) is 1. The zero-order valence-electron chi connectivity index (χ0n) is 15.0. The highest BCUT2D eigenvalue weighted by molar-refractivity contribution is 5.90. The predicted octanol–water partition coefficient (Wildman–Crippen LogP) is 3.49. The largest absolute Gasteiger partial charge is 0.495 e. The fourth-order valence-electron chi connectivity index (χ4n) is 2.71. The van der Waals surface area contributed by atoms with Crippen LogP contribution < -0.4 is 10.1 Å². The quantitative estimate of drug-likeness (QED) is 0.689. The number of carbonyl (C=O) groups excluding carboxylic acids is 1. The number of carbonyl (C=O) groups is 1. The van der Waals surface area contributed by atoms with Gasteiger partial charge >= 0.3 is 5.97 Å². The molecule has 0 spiro atoms. The van der Waals surface area contributed by atoms with Gasteiger partial charge in [-0.1, -0.05) is 18.2 Å². The van der Waals surface area contributed by atoms with Gasteiger partial charge < -0.3 is 14.8 Å². The van der Waals surface area contributed by atoms with Crippen molar-refractivity contribution in [2.45, 2.75) is 6.54 Å². The lowest BCUT2D eigenvalue weighted by Crippen LogP contribution is -2.05. The Balaban J connectivity index is 1.76. The third-order valence-electron chi connectivity index (χ3n) is 4.07. The first-order chi connectivity index (χ1) is 12.6. The molecule has 0 radical (unpaired) electrons. The molecule has 1 N–H and O–H groups in total. The van der Waals surface area contributed by atoms with E-state index in [0.717, 1.165) is 22.4 Å². The van der Waals surface area contributed by atoms with Gasteiger partial charge in [-0.05, 0) is 35.4 Å². The van der Waals surface area contributed by atoms with Crippen LogP contribution in [-0.2, 0) is 18.3 Å². The average Bonchev–Trinajstić information content (AvgIpc) is 3.12. The van der Waals surface area contributed by atoms with Crippen LogP contribution in [0.4, 0.5) is 5.69 Å². The van der Waals surface area contributed by atoms with Gasteiger partial charge in [0, 0.05) is 25.4 Å². The summed E-state index contributed by atoms with van der Waals surface area (Å²) in [7, 11) is 4.83. The van der Waals surface area contributed by atoms with Crippen LogP contribution in [0.2, 0.25) is 0 Å². The second-order valence-electron chi connectivity index (χ2n) is 5.86. The van der Waals surface area contributed by atoms with E-state index in [2.05, 4.69) is 28.6 Å². The van der Waals surface area contributed by atoms with E-state index < -0.39 is 0 Å². The van der Waals surface area contributed by atoms with Gasteiger partial charge in [-0.15, -0.1) is 0 Å². The van der Waals surface area contributed by atoms with Gasteiger partial charge in [-0.3, -0.25) is 4.68 Å². The molecular formula is C20H21N3O3. The van der Waals surface area contributed by atoms with Gasteiger partial charge in [0.15, 0.2) is 0 Å². The van der Waals surface area contributed by atoms with Crippen molar-refractivity contribution >= 4 is 11.7 Å². The fraction of sp³-hybridized carbons (Fsp3) is 0.200. The van der Waals surface area contributed by atoms with Gasteiger partial charge in [0.1, 0.15) is 5.75 Å². The molecule has 0 saturated carbocycles. The Kier molecular flexibility index (Phi) is 5.22. The molecule has 0 saturated heterocycles. The summed E-state index contributed by atoms with van der Waals surface area (Å²) < 4.78 is 11.9. The van der Waals surface area contributed by atoms with Gasteiger partial charge in [0.05, 0.1) is 31.7 Å². The molecule has 0 bridgehead atoms. The van der Waals surface area contributed by atoms with E-state index in [0.29, 0.717) is 17.9 Å². The first-order valence-electron chi connectivity index (χ1n) is 8.19. The molecule has 2 aromatic carbocycles. The Morgan fingerprint density at radius 1 is 1.15 bits per heavy atom. The summed E-state index contributed by atoms with van der Waals surface area (Å²) in [5.74, 6) is 0.204. The van der Waals surface area contributed by atoms with Crippen LogP contribution in [0.3, 0.4) is 0 Å². The number of hydrogen-bond acceptors (Lipinski definition) is 5. The fourth-order valence-corrected chi connectivity index (χ4v) is 2.71. The Morgan fingerprint density at radius 2 is 2.00 bits per heavy atom. The SMILES string of the molecule is COC(=O)c1ccc(NCc2cccc(-c3cnn(C)c3)c2)c(OC)c1. The van der Waals surface area contributed by atoms with Crippen molar-refractivity contribution in [3.63, 3.8) is 0 Å². The zero-order valence-corrected chi connectivity index (χ0v) is 15.0. The lowest BCUT2D eigenvalue weighted by atomic mass is 10.1. The third-order valence-corrected chi connectivity index (χ3v) is 4.07. The summed E-state index contributed by atoms with van der Waals surface area (Å²) in [6.07, 6.45) is 3.84. The van der Waals surface area contributed by atoms with Gasteiger partial charge in [-0.2, -0.15) is 5.10 Å². The van der Waals surface area contributed by atoms with E-state index in [4.69, 9.17) is 9.47 Å². The number of nitrogens with zero attached hydrogens (tertiary/aromatic N) is 2. The monoisotopic (exact) mass is 351 g/mol. The number of aromatic nitrogens is 2. The molecule has 0 unspecified atom stereocenters. The molecule has 0 aliphatic heterocycles. The predicted molar refractivity (Wildman–Crippen MR) is 100 cm³/mol. The summed E-state index contributed by atoms with van der Waals surface area (Å²) in [4.78, 5) is 11.6. The van der Waals surface area contributed by atoms with E-state index in [-0.39, 0.29) is 5.97 Å². The number of esters is 1. The minimum absolute atomic E-state index is 0.390. The average molecular weight is 351 g/mol. The molecule has 0 aliphatic rings. The molecule has 1 heterocycles. The lowest BCUT2D eigenvalue weighted by molar-refractivity contribution is 0.0600. The van der Waals surface area contributed by atoms with Crippen molar-refractivity contribution in [1.82, 2.24) is 9.78 Å². The minimum Gasteiger partial charge on any atom is -0.495 e. The summed E-state index contributed by atoms with van der Waals surface area (Å²) in [6.45, 7) is 0.627. The van der Waals surface area contributed by atoms with E-state index >= 15 is 0 Å². The summed E-state index contributed by atoms with van der Waals surface area (Å²) >= 11 is 0. The van der Waals surface area contributed by atoms with Crippen LogP contribution in [0, 0.1) is 0 Å². The molecule has 26 heavy (non-hydrogen) atoms. The summed E-state index contributed by atoms with van der Waals surface area (Å²) in [6, 6.07) is 13.5. The molecule has 6 heteroatoms. The first-order valence-corrected chi connectivity index (χ1v) is 8.19. The van der Waals surface area contributed by atoms with E-state index in [1.54, 1.807) is 23.9 Å². The molecule has 6 nitrogen and oxygen atoms in total. The number of rotatable bonds is 6. The number of aryl methyl sites for hydroxylation is 1. The van der Waals surface area contributed by atoms with Crippen LogP contribution in [0.1, 0.15) is 15.9 Å². The molecule has 134 valence electrons. The molecule has 3 rings (SSSR count). The maximum Gasteiger partial charge on any atom is 0.337 e. The maximum absolute atomic E-state index is 11.6. The zero-order chi connectivity index (χ0) is 18.5. The van der Waals surface area contributed by atoms with Crippen molar-refractivity contribution < 1.29 is 14.3 Å². The van der Waals surface area contributed by atoms with Gasteiger partial charge in [0.2, 0.25) is 0 Å². The topological polar surface area (TPSA) is 65.4 Å².